The van der Waals surface area contributed by atoms with E-state index in [-0.39, 0.29) is 6.04 Å². The van der Waals surface area contributed by atoms with Crippen LogP contribution < -0.4 is 4.74 Å². The van der Waals surface area contributed by atoms with E-state index in [0.717, 1.165) is 37.5 Å². The molecule has 2 fully saturated rings. The number of piperazine rings is 1. The molecule has 1 aliphatic heterocycles. The fraction of sp³-hybridized carbons (Fsp3) is 0.429. The summed E-state index contributed by atoms with van der Waals surface area (Å²) in [5, 5.41) is 9.47. The van der Waals surface area contributed by atoms with Crippen molar-refractivity contribution in [3.05, 3.63) is 59.9 Å². The van der Waals surface area contributed by atoms with Gasteiger partial charge in [-0.2, -0.15) is 5.26 Å². The van der Waals surface area contributed by atoms with Gasteiger partial charge in [-0.3, -0.25) is 14.8 Å². The monoisotopic (exact) mass is 348 g/mol. The Morgan fingerprint density at radius 1 is 1.04 bits per heavy atom. The summed E-state index contributed by atoms with van der Waals surface area (Å²) in [7, 11) is 0. The molecule has 1 aromatic carbocycles. The van der Waals surface area contributed by atoms with Crippen LogP contribution in [0.25, 0.3) is 0 Å². The number of benzene rings is 1. The molecule has 134 valence electrons. The molecule has 0 radical (unpaired) electrons. The molecule has 1 unspecified atom stereocenters. The third-order valence-electron chi connectivity index (χ3n) is 5.16. The molecular weight excluding hydrogens is 324 g/mol. The lowest BCUT2D eigenvalue weighted by Gasteiger charge is -2.38. The molecule has 1 aromatic heterocycles. The predicted molar refractivity (Wildman–Crippen MR) is 99.4 cm³/mol. The second-order valence-electron chi connectivity index (χ2n) is 7.14. The second-order valence-corrected chi connectivity index (χ2v) is 7.14. The summed E-state index contributed by atoms with van der Waals surface area (Å²) >= 11 is 0. The third kappa shape index (κ3) is 4.21. The van der Waals surface area contributed by atoms with Crippen LogP contribution >= 0.6 is 0 Å². The number of hydrogen-bond acceptors (Lipinski definition) is 5. The van der Waals surface area contributed by atoms with Crippen molar-refractivity contribution in [2.45, 2.75) is 38.1 Å². The van der Waals surface area contributed by atoms with E-state index in [1.54, 1.807) is 12.4 Å². The molecule has 4 rings (SSSR count). The van der Waals surface area contributed by atoms with E-state index in [4.69, 9.17) is 4.74 Å². The summed E-state index contributed by atoms with van der Waals surface area (Å²) in [4.78, 5) is 8.80. The number of nitriles is 1. The number of hydrogen-bond donors (Lipinski definition) is 0. The van der Waals surface area contributed by atoms with Crippen molar-refractivity contribution < 1.29 is 4.74 Å². The zero-order chi connectivity index (χ0) is 17.8. The van der Waals surface area contributed by atoms with Crippen LogP contribution in [0.15, 0.2) is 48.8 Å². The van der Waals surface area contributed by atoms with E-state index >= 15 is 0 Å². The van der Waals surface area contributed by atoms with E-state index < -0.39 is 0 Å². The van der Waals surface area contributed by atoms with E-state index in [1.165, 1.54) is 18.4 Å². The lowest BCUT2D eigenvalue weighted by atomic mass is 10.1. The summed E-state index contributed by atoms with van der Waals surface area (Å²) in [5.41, 5.74) is 2.37. The first-order valence-corrected chi connectivity index (χ1v) is 9.30. The Balaban J connectivity index is 1.29. The first kappa shape index (κ1) is 17.0. The molecular formula is C21H24N4O. The lowest BCUT2D eigenvalue weighted by molar-refractivity contribution is 0.0897. The van der Waals surface area contributed by atoms with Gasteiger partial charge in [-0.1, -0.05) is 12.1 Å². The quantitative estimate of drug-likeness (QED) is 0.803. The second kappa shape index (κ2) is 7.86. The maximum absolute atomic E-state index is 9.47. The largest absolute Gasteiger partial charge is 0.489 e. The molecule has 2 heterocycles. The minimum atomic E-state index is 0.0409. The zero-order valence-corrected chi connectivity index (χ0v) is 14.9. The highest BCUT2D eigenvalue weighted by molar-refractivity contribution is 5.27. The Kier molecular flexibility index (Phi) is 5.14. The van der Waals surface area contributed by atoms with Crippen molar-refractivity contribution in [3.63, 3.8) is 0 Å². The van der Waals surface area contributed by atoms with Gasteiger partial charge in [0.25, 0.3) is 0 Å². The molecule has 0 spiro atoms. The SMILES string of the molecule is N#CC1CN(Cc2ccc(OCc3ccncc3)cc2)CCN1C1CC1. The van der Waals surface area contributed by atoms with Gasteiger partial charge >= 0.3 is 0 Å². The van der Waals surface area contributed by atoms with Crippen molar-refractivity contribution in [3.8, 4) is 11.8 Å². The topological polar surface area (TPSA) is 52.4 Å². The van der Waals surface area contributed by atoms with Gasteiger partial charge in [-0.25, -0.2) is 0 Å². The van der Waals surface area contributed by atoms with Gasteiger partial charge in [-0.15, -0.1) is 0 Å². The van der Waals surface area contributed by atoms with Crippen molar-refractivity contribution in [1.82, 2.24) is 14.8 Å². The number of nitrogens with zero attached hydrogens (tertiary/aromatic N) is 4. The molecule has 1 atom stereocenters. The minimum Gasteiger partial charge on any atom is -0.489 e. The fourth-order valence-electron chi connectivity index (χ4n) is 3.55. The first-order valence-electron chi connectivity index (χ1n) is 9.30. The van der Waals surface area contributed by atoms with Gasteiger partial charge in [0.15, 0.2) is 0 Å². The lowest BCUT2D eigenvalue weighted by Crippen LogP contribution is -2.52. The van der Waals surface area contributed by atoms with Crippen LogP contribution in [0.3, 0.4) is 0 Å². The normalized spacial score (nSPS) is 21.3. The third-order valence-corrected chi connectivity index (χ3v) is 5.16. The van der Waals surface area contributed by atoms with Gasteiger partial charge in [0.1, 0.15) is 18.4 Å². The molecule has 0 N–H and O–H groups in total. The van der Waals surface area contributed by atoms with Crippen LogP contribution in [0.2, 0.25) is 0 Å². The summed E-state index contributed by atoms with van der Waals surface area (Å²) in [6, 6.07) is 15.4. The van der Waals surface area contributed by atoms with Gasteiger partial charge in [-0.05, 0) is 48.2 Å². The van der Waals surface area contributed by atoms with Crippen molar-refractivity contribution in [1.29, 1.82) is 5.26 Å². The Morgan fingerprint density at radius 3 is 2.50 bits per heavy atom. The summed E-state index contributed by atoms with van der Waals surface area (Å²) < 4.78 is 5.83. The molecule has 5 nitrogen and oxygen atoms in total. The smallest absolute Gasteiger partial charge is 0.119 e. The number of ether oxygens (including phenoxy) is 1. The molecule has 0 bridgehead atoms. The molecule has 1 saturated carbocycles. The Morgan fingerprint density at radius 2 is 1.81 bits per heavy atom. The highest BCUT2D eigenvalue weighted by Crippen LogP contribution is 2.30. The van der Waals surface area contributed by atoms with E-state index in [1.807, 2.05) is 24.3 Å². The zero-order valence-electron chi connectivity index (χ0n) is 14.9. The molecule has 1 saturated heterocycles. The Hall–Kier alpha value is -2.42. The van der Waals surface area contributed by atoms with Crippen LogP contribution in [-0.4, -0.2) is 46.5 Å². The van der Waals surface area contributed by atoms with E-state index in [2.05, 4.69) is 33.0 Å². The molecule has 26 heavy (non-hydrogen) atoms. The fourth-order valence-corrected chi connectivity index (χ4v) is 3.55. The first-order chi connectivity index (χ1) is 12.8. The average molecular weight is 348 g/mol. The van der Waals surface area contributed by atoms with Crippen LogP contribution in [0, 0.1) is 11.3 Å². The highest BCUT2D eigenvalue weighted by Gasteiger charge is 2.37. The number of pyridine rings is 1. The Labute approximate surface area is 154 Å². The van der Waals surface area contributed by atoms with E-state index in [9.17, 15) is 5.26 Å². The number of aromatic nitrogens is 1. The molecule has 2 aromatic rings. The summed E-state index contributed by atoms with van der Waals surface area (Å²) in [6.45, 7) is 4.33. The molecule has 5 heteroatoms. The van der Waals surface area contributed by atoms with Gasteiger partial charge in [0, 0.05) is 44.6 Å². The highest BCUT2D eigenvalue weighted by atomic mass is 16.5. The van der Waals surface area contributed by atoms with Gasteiger partial charge in [0.05, 0.1) is 6.07 Å². The molecule has 1 aliphatic carbocycles. The van der Waals surface area contributed by atoms with Crippen molar-refractivity contribution in [2.24, 2.45) is 0 Å². The standard InChI is InChI=1S/C21H24N4O/c22-13-20-15-24(11-12-25(20)19-3-4-19)14-17-1-5-21(6-2-17)26-16-18-7-9-23-10-8-18/h1-2,5-10,19-20H,3-4,11-12,14-16H2. The van der Waals surface area contributed by atoms with Crippen molar-refractivity contribution >= 4 is 0 Å². The van der Waals surface area contributed by atoms with E-state index in [0.29, 0.717) is 12.6 Å². The Bertz CT molecular complexity index is 752. The average Bonchev–Trinajstić information content (AvgIpc) is 3.53. The molecule has 0 amide bonds. The minimum absolute atomic E-state index is 0.0409. The maximum atomic E-state index is 9.47. The van der Waals surface area contributed by atoms with Gasteiger partial charge in [0.2, 0.25) is 0 Å². The summed E-state index contributed by atoms with van der Waals surface area (Å²) in [6.07, 6.45) is 6.08. The van der Waals surface area contributed by atoms with Crippen LogP contribution in [0.4, 0.5) is 0 Å². The maximum Gasteiger partial charge on any atom is 0.119 e. The predicted octanol–water partition coefficient (Wildman–Crippen LogP) is 2.83. The number of rotatable bonds is 6. The van der Waals surface area contributed by atoms with Crippen LogP contribution in [0.1, 0.15) is 24.0 Å². The van der Waals surface area contributed by atoms with Crippen LogP contribution in [-0.2, 0) is 13.2 Å². The van der Waals surface area contributed by atoms with Crippen molar-refractivity contribution in [2.75, 3.05) is 19.6 Å². The van der Waals surface area contributed by atoms with Crippen LogP contribution in [0.5, 0.6) is 5.75 Å². The summed E-state index contributed by atoms with van der Waals surface area (Å²) in [5.74, 6) is 0.874. The van der Waals surface area contributed by atoms with Gasteiger partial charge < -0.3 is 4.74 Å². The molecule has 2 aliphatic rings.